The van der Waals surface area contributed by atoms with Gasteiger partial charge in [0.25, 0.3) is 0 Å². The number of nitrogens with zero attached hydrogens (tertiary/aromatic N) is 4. The highest BCUT2D eigenvalue weighted by Gasteiger charge is 2.37. The van der Waals surface area contributed by atoms with Crippen LogP contribution in [0.5, 0.6) is 5.75 Å². The van der Waals surface area contributed by atoms with E-state index in [9.17, 15) is 9.59 Å². The molecule has 2 aromatic heterocycles. The number of H-pyrrole nitrogens is 1. The van der Waals surface area contributed by atoms with E-state index < -0.39 is 5.97 Å². The maximum absolute atomic E-state index is 13.4. The van der Waals surface area contributed by atoms with Crippen LogP contribution in [0.25, 0.3) is 17.0 Å². The quantitative estimate of drug-likeness (QED) is 0.304. The minimum atomic E-state index is -0.539. The van der Waals surface area contributed by atoms with Crippen molar-refractivity contribution in [3.8, 4) is 5.75 Å². The van der Waals surface area contributed by atoms with E-state index in [1.165, 1.54) is 18.1 Å². The summed E-state index contributed by atoms with van der Waals surface area (Å²) in [7, 11) is 2.96. The molecule has 1 saturated heterocycles. The fraction of sp³-hybridized carbons (Fsp3) is 0.310. The summed E-state index contributed by atoms with van der Waals surface area (Å²) in [6, 6.07) is 15.5. The van der Waals surface area contributed by atoms with Crippen LogP contribution in [0.1, 0.15) is 34.1 Å². The Morgan fingerprint density at radius 2 is 1.97 bits per heavy atom. The first-order valence-corrected chi connectivity index (χ1v) is 12.9. The molecule has 0 spiro atoms. The molecule has 2 aromatic carbocycles. The molecule has 10 heteroatoms. The number of rotatable bonds is 10. The Bertz CT molecular complexity index is 1480. The molecule has 2 atom stereocenters. The van der Waals surface area contributed by atoms with Crippen LogP contribution in [0.3, 0.4) is 0 Å². The first-order valence-electron chi connectivity index (χ1n) is 12.9. The molecular formula is C29H32N6O4. The number of amides is 1. The average molecular weight is 529 g/mol. The highest BCUT2D eigenvalue weighted by molar-refractivity contribution is 5.86. The van der Waals surface area contributed by atoms with Gasteiger partial charge >= 0.3 is 5.97 Å². The minimum absolute atomic E-state index is 0.0312. The molecule has 1 fully saturated rings. The van der Waals surface area contributed by atoms with Crippen molar-refractivity contribution in [2.75, 3.05) is 33.9 Å². The Morgan fingerprint density at radius 1 is 1.15 bits per heavy atom. The summed E-state index contributed by atoms with van der Waals surface area (Å²) in [5.74, 6) is 0.219. The predicted octanol–water partition coefficient (Wildman–Crippen LogP) is 3.24. The molecule has 0 saturated carbocycles. The highest BCUT2D eigenvalue weighted by Crippen LogP contribution is 2.28. The van der Waals surface area contributed by atoms with Crippen molar-refractivity contribution in [1.29, 1.82) is 0 Å². The molecule has 202 valence electrons. The molecule has 0 aliphatic carbocycles. The van der Waals surface area contributed by atoms with Crippen molar-refractivity contribution in [1.82, 2.24) is 30.2 Å². The topological polar surface area (TPSA) is 114 Å². The van der Waals surface area contributed by atoms with E-state index in [4.69, 9.17) is 9.47 Å². The number of benzene rings is 2. The van der Waals surface area contributed by atoms with Crippen molar-refractivity contribution >= 4 is 28.9 Å². The lowest BCUT2D eigenvalue weighted by atomic mass is 10.1. The lowest BCUT2D eigenvalue weighted by Gasteiger charge is -2.22. The van der Waals surface area contributed by atoms with Gasteiger partial charge in [0, 0.05) is 42.3 Å². The van der Waals surface area contributed by atoms with E-state index in [2.05, 4.69) is 31.6 Å². The summed E-state index contributed by atoms with van der Waals surface area (Å²) in [5, 5.41) is 12.4. The zero-order valence-corrected chi connectivity index (χ0v) is 22.0. The molecule has 5 rings (SSSR count). The van der Waals surface area contributed by atoms with Crippen LogP contribution in [0, 0.1) is 0 Å². The molecular weight excluding hydrogens is 496 g/mol. The number of aromatic nitrogens is 4. The lowest BCUT2D eigenvalue weighted by Crippen LogP contribution is -2.43. The molecule has 1 aliphatic rings. The van der Waals surface area contributed by atoms with E-state index in [-0.39, 0.29) is 23.7 Å². The van der Waals surface area contributed by atoms with E-state index in [0.717, 1.165) is 23.3 Å². The number of methoxy groups -OCH3 is 2. The third-order valence-electron chi connectivity index (χ3n) is 7.11. The molecule has 3 heterocycles. The smallest absolute Gasteiger partial charge is 0.360 e. The van der Waals surface area contributed by atoms with Gasteiger partial charge in [0.1, 0.15) is 5.75 Å². The van der Waals surface area contributed by atoms with Crippen molar-refractivity contribution in [2.45, 2.75) is 24.9 Å². The summed E-state index contributed by atoms with van der Waals surface area (Å²) < 4.78 is 11.9. The molecule has 2 N–H and O–H groups in total. The Labute approximate surface area is 226 Å². The van der Waals surface area contributed by atoms with Gasteiger partial charge in [0.05, 0.1) is 32.5 Å². The summed E-state index contributed by atoms with van der Waals surface area (Å²) in [4.78, 5) is 30.7. The zero-order chi connectivity index (χ0) is 27.2. The maximum atomic E-state index is 13.4. The highest BCUT2D eigenvalue weighted by atomic mass is 16.5. The van der Waals surface area contributed by atoms with Gasteiger partial charge in [-0.05, 0) is 30.5 Å². The van der Waals surface area contributed by atoms with Crippen LogP contribution >= 0.6 is 0 Å². The number of carbonyl (C=O) groups is 2. The first-order chi connectivity index (χ1) is 19.1. The lowest BCUT2D eigenvalue weighted by molar-refractivity contribution is -0.125. The Hall–Kier alpha value is -4.44. The number of fused-ring (bicyclic) bond motifs is 1. The SMILES string of the molecule is COC(=O)c1cn([C@@H]2C[C@@H](C(=O)NCCc3c[nH]c4ccccc34)N(C/C=C/c3ccccc3OC)C2)nn1. The predicted molar refractivity (Wildman–Crippen MR) is 147 cm³/mol. The van der Waals surface area contributed by atoms with Gasteiger partial charge < -0.3 is 19.8 Å². The average Bonchev–Trinajstić information content (AvgIpc) is 3.72. The summed E-state index contributed by atoms with van der Waals surface area (Å²) in [6.07, 6.45) is 8.89. The molecule has 0 bridgehead atoms. The normalized spacial score (nSPS) is 17.6. The molecule has 39 heavy (non-hydrogen) atoms. The number of para-hydroxylation sites is 2. The fourth-order valence-corrected chi connectivity index (χ4v) is 5.09. The molecule has 1 aliphatic heterocycles. The van der Waals surface area contributed by atoms with Crippen molar-refractivity contribution in [2.24, 2.45) is 0 Å². The standard InChI is InChI=1S/C29H32N6O4/c1-38-27-12-6-3-8-20(27)9-7-15-34-18-22(35-19-25(32-33-35)29(37)39-2)16-26(34)28(36)30-14-13-21-17-31-24-11-5-4-10-23(21)24/h3-12,17,19,22,26,31H,13-16,18H2,1-2H3,(H,30,36)/b9-7+/t22-,26+/m1/s1. The number of likely N-dealkylation sites (tertiary alicyclic amines) is 1. The molecule has 0 radical (unpaired) electrons. The second kappa shape index (κ2) is 12.0. The Balaban J connectivity index is 1.27. The van der Waals surface area contributed by atoms with Crippen LogP contribution in [0.15, 0.2) is 67.0 Å². The van der Waals surface area contributed by atoms with Crippen LogP contribution in [0.4, 0.5) is 0 Å². The largest absolute Gasteiger partial charge is 0.496 e. The van der Waals surface area contributed by atoms with Gasteiger partial charge in [-0.2, -0.15) is 0 Å². The number of aromatic amines is 1. The number of nitrogens with one attached hydrogen (secondary N) is 2. The van der Waals surface area contributed by atoms with E-state index in [0.29, 0.717) is 26.1 Å². The molecule has 0 unspecified atom stereocenters. The van der Waals surface area contributed by atoms with Crippen molar-refractivity contribution < 1.29 is 19.1 Å². The third kappa shape index (κ3) is 5.85. The van der Waals surface area contributed by atoms with E-state index >= 15 is 0 Å². The number of hydrogen-bond acceptors (Lipinski definition) is 7. The first kappa shape index (κ1) is 26.2. The van der Waals surface area contributed by atoms with Gasteiger partial charge in [0.2, 0.25) is 5.91 Å². The summed E-state index contributed by atoms with van der Waals surface area (Å²) in [5.41, 5.74) is 3.37. The monoisotopic (exact) mass is 528 g/mol. The third-order valence-corrected chi connectivity index (χ3v) is 7.11. The number of esters is 1. The number of hydrogen-bond donors (Lipinski definition) is 2. The number of carbonyl (C=O) groups excluding carboxylic acids is 2. The zero-order valence-electron chi connectivity index (χ0n) is 22.0. The number of ether oxygens (including phenoxy) is 2. The van der Waals surface area contributed by atoms with Crippen molar-refractivity contribution in [3.05, 3.63) is 83.8 Å². The van der Waals surface area contributed by atoms with Crippen LogP contribution in [0.2, 0.25) is 0 Å². The summed E-state index contributed by atoms with van der Waals surface area (Å²) >= 11 is 0. The summed E-state index contributed by atoms with van der Waals surface area (Å²) in [6.45, 7) is 1.68. The Kier molecular flexibility index (Phi) is 8.02. The van der Waals surface area contributed by atoms with Gasteiger partial charge in [-0.1, -0.05) is 53.8 Å². The van der Waals surface area contributed by atoms with Crippen LogP contribution in [-0.2, 0) is 16.0 Å². The van der Waals surface area contributed by atoms with Gasteiger partial charge in [-0.25, -0.2) is 9.48 Å². The molecule has 10 nitrogen and oxygen atoms in total. The second-order valence-corrected chi connectivity index (χ2v) is 9.48. The molecule has 4 aromatic rings. The second-order valence-electron chi connectivity index (χ2n) is 9.48. The van der Waals surface area contributed by atoms with Crippen molar-refractivity contribution in [3.63, 3.8) is 0 Å². The molecule has 1 amide bonds. The van der Waals surface area contributed by atoms with E-state index in [1.807, 2.05) is 60.8 Å². The van der Waals surface area contributed by atoms with E-state index in [1.54, 1.807) is 18.0 Å². The van der Waals surface area contributed by atoms with Crippen LogP contribution < -0.4 is 10.1 Å². The van der Waals surface area contributed by atoms with Gasteiger partial charge in [0.15, 0.2) is 5.69 Å². The van der Waals surface area contributed by atoms with Crippen LogP contribution in [-0.4, -0.2) is 76.6 Å². The maximum Gasteiger partial charge on any atom is 0.360 e. The van der Waals surface area contributed by atoms with Gasteiger partial charge in [-0.3, -0.25) is 9.69 Å². The fourth-order valence-electron chi connectivity index (χ4n) is 5.09. The Morgan fingerprint density at radius 3 is 2.82 bits per heavy atom. The minimum Gasteiger partial charge on any atom is -0.496 e. The van der Waals surface area contributed by atoms with Gasteiger partial charge in [-0.15, -0.1) is 5.10 Å².